The predicted molar refractivity (Wildman–Crippen MR) is 58.8 cm³/mol. The third-order valence-corrected chi connectivity index (χ3v) is 2.84. The first kappa shape index (κ1) is 9.87. The number of fused-ring (bicyclic) bond motifs is 1. The molecule has 1 saturated heterocycles. The third kappa shape index (κ3) is 2.10. The molecule has 0 saturated carbocycles. The Hall–Kier alpha value is -1.32. The van der Waals surface area contributed by atoms with E-state index in [0.717, 1.165) is 0 Å². The van der Waals surface area contributed by atoms with Crippen molar-refractivity contribution in [3.63, 3.8) is 0 Å². The molecule has 0 spiro atoms. The lowest BCUT2D eigenvalue weighted by Crippen LogP contribution is -2.27. The van der Waals surface area contributed by atoms with Crippen molar-refractivity contribution < 1.29 is 14.2 Å². The van der Waals surface area contributed by atoms with Crippen molar-refractivity contribution >= 4 is 0 Å². The van der Waals surface area contributed by atoms with Gasteiger partial charge < -0.3 is 14.2 Å². The van der Waals surface area contributed by atoms with Crippen LogP contribution in [0.3, 0.4) is 0 Å². The van der Waals surface area contributed by atoms with Crippen molar-refractivity contribution in [2.75, 3.05) is 6.61 Å². The second kappa shape index (κ2) is 4.28. The summed E-state index contributed by atoms with van der Waals surface area (Å²) in [6.07, 6.45) is 4.18. The van der Waals surface area contributed by atoms with Gasteiger partial charge in [0, 0.05) is 0 Å². The van der Waals surface area contributed by atoms with Gasteiger partial charge in [-0.25, -0.2) is 0 Å². The SMILES string of the molecule is C1=CC2O[C@H]2[C@@H](COCc2ccccc2)O1. The molecule has 2 aliphatic rings. The van der Waals surface area contributed by atoms with Gasteiger partial charge in [-0.3, -0.25) is 0 Å². The molecule has 2 aliphatic heterocycles. The van der Waals surface area contributed by atoms with Crippen LogP contribution in [0.2, 0.25) is 0 Å². The summed E-state index contributed by atoms with van der Waals surface area (Å²) in [5, 5.41) is 0. The Morgan fingerprint density at radius 1 is 1.19 bits per heavy atom. The van der Waals surface area contributed by atoms with E-state index in [1.54, 1.807) is 6.26 Å². The maximum atomic E-state index is 5.62. The van der Waals surface area contributed by atoms with E-state index in [4.69, 9.17) is 14.2 Å². The van der Waals surface area contributed by atoms with Crippen molar-refractivity contribution in [3.8, 4) is 0 Å². The van der Waals surface area contributed by atoms with Crippen LogP contribution >= 0.6 is 0 Å². The fraction of sp³-hybridized carbons (Fsp3) is 0.385. The van der Waals surface area contributed by atoms with Gasteiger partial charge in [0.1, 0.15) is 18.3 Å². The molecule has 84 valence electrons. The van der Waals surface area contributed by atoms with E-state index in [1.165, 1.54) is 5.56 Å². The van der Waals surface area contributed by atoms with Gasteiger partial charge in [-0.2, -0.15) is 0 Å². The van der Waals surface area contributed by atoms with Crippen LogP contribution < -0.4 is 0 Å². The summed E-state index contributed by atoms with van der Waals surface area (Å²) >= 11 is 0. The Morgan fingerprint density at radius 3 is 2.94 bits per heavy atom. The van der Waals surface area contributed by atoms with Gasteiger partial charge in [-0.15, -0.1) is 0 Å². The predicted octanol–water partition coefficient (Wildman–Crippen LogP) is 1.88. The molecular formula is C13H14O3. The number of hydrogen-bond acceptors (Lipinski definition) is 3. The van der Waals surface area contributed by atoms with Crippen molar-refractivity contribution in [1.82, 2.24) is 0 Å². The summed E-state index contributed by atoms with van der Waals surface area (Å²) < 4.78 is 16.5. The summed E-state index contributed by atoms with van der Waals surface area (Å²) in [7, 11) is 0. The van der Waals surface area contributed by atoms with Gasteiger partial charge in [0.15, 0.2) is 0 Å². The second-order valence-corrected chi connectivity index (χ2v) is 4.07. The topological polar surface area (TPSA) is 31.0 Å². The van der Waals surface area contributed by atoms with Crippen molar-refractivity contribution in [2.45, 2.75) is 24.9 Å². The third-order valence-electron chi connectivity index (χ3n) is 2.84. The van der Waals surface area contributed by atoms with E-state index in [1.807, 2.05) is 24.3 Å². The monoisotopic (exact) mass is 218 g/mol. The van der Waals surface area contributed by atoms with Crippen molar-refractivity contribution in [3.05, 3.63) is 48.2 Å². The summed E-state index contributed by atoms with van der Waals surface area (Å²) in [4.78, 5) is 0. The van der Waals surface area contributed by atoms with Crippen LogP contribution in [-0.2, 0) is 20.8 Å². The molecule has 0 aromatic heterocycles. The minimum atomic E-state index is 0.0544. The average Bonchev–Trinajstić information content (AvgIpc) is 3.10. The highest BCUT2D eigenvalue weighted by atomic mass is 16.6. The van der Waals surface area contributed by atoms with Gasteiger partial charge in [0.05, 0.1) is 19.5 Å². The Balaban J connectivity index is 1.45. The fourth-order valence-corrected chi connectivity index (χ4v) is 1.89. The van der Waals surface area contributed by atoms with Gasteiger partial charge in [-0.1, -0.05) is 30.3 Å². The lowest BCUT2D eigenvalue weighted by atomic mass is 10.2. The van der Waals surface area contributed by atoms with Crippen molar-refractivity contribution in [2.24, 2.45) is 0 Å². The number of epoxide rings is 1. The Labute approximate surface area is 94.6 Å². The van der Waals surface area contributed by atoms with Gasteiger partial charge >= 0.3 is 0 Å². The van der Waals surface area contributed by atoms with Crippen LogP contribution in [0.4, 0.5) is 0 Å². The molecule has 3 rings (SSSR count). The number of benzene rings is 1. The molecule has 3 nitrogen and oxygen atoms in total. The zero-order valence-corrected chi connectivity index (χ0v) is 8.91. The van der Waals surface area contributed by atoms with Crippen LogP contribution in [0, 0.1) is 0 Å². The molecule has 0 bridgehead atoms. The van der Waals surface area contributed by atoms with Gasteiger partial charge in [0.2, 0.25) is 0 Å². The molecule has 0 N–H and O–H groups in total. The molecule has 1 unspecified atom stereocenters. The van der Waals surface area contributed by atoms with E-state index >= 15 is 0 Å². The molecule has 0 aliphatic carbocycles. The zero-order valence-electron chi connectivity index (χ0n) is 8.91. The highest BCUT2D eigenvalue weighted by Crippen LogP contribution is 2.32. The van der Waals surface area contributed by atoms with Crippen LogP contribution in [0.1, 0.15) is 5.56 Å². The van der Waals surface area contributed by atoms with Gasteiger partial charge in [-0.05, 0) is 11.6 Å². The standard InChI is InChI=1S/C13H14O3/c1-2-4-10(5-3-1)8-14-9-12-13-11(16-13)6-7-15-12/h1-7,11-13H,8-9H2/t11?,12-,13-/m1/s1. The lowest BCUT2D eigenvalue weighted by molar-refractivity contribution is 0.00516. The number of hydrogen-bond donors (Lipinski definition) is 0. The molecular weight excluding hydrogens is 204 g/mol. The van der Waals surface area contributed by atoms with E-state index in [0.29, 0.717) is 13.2 Å². The molecule has 2 heterocycles. The number of ether oxygens (including phenoxy) is 3. The Morgan fingerprint density at radius 2 is 2.06 bits per heavy atom. The average molecular weight is 218 g/mol. The highest BCUT2D eigenvalue weighted by molar-refractivity contribution is 5.13. The smallest absolute Gasteiger partial charge is 0.150 e. The van der Waals surface area contributed by atoms with Gasteiger partial charge in [0.25, 0.3) is 0 Å². The molecule has 0 amide bonds. The quantitative estimate of drug-likeness (QED) is 0.723. The second-order valence-electron chi connectivity index (χ2n) is 4.07. The fourth-order valence-electron chi connectivity index (χ4n) is 1.89. The maximum Gasteiger partial charge on any atom is 0.150 e. The van der Waals surface area contributed by atoms with Crippen LogP contribution in [0.5, 0.6) is 0 Å². The molecule has 3 heteroatoms. The summed E-state index contributed by atoms with van der Waals surface area (Å²) in [5.74, 6) is 0. The molecule has 1 fully saturated rings. The van der Waals surface area contributed by atoms with Crippen LogP contribution in [-0.4, -0.2) is 24.9 Å². The maximum absolute atomic E-state index is 5.62. The molecule has 1 aromatic rings. The number of rotatable bonds is 4. The Kier molecular flexibility index (Phi) is 2.64. The molecule has 3 atom stereocenters. The zero-order chi connectivity index (χ0) is 10.8. The summed E-state index contributed by atoms with van der Waals surface area (Å²) in [6.45, 7) is 1.21. The minimum Gasteiger partial charge on any atom is -0.493 e. The summed E-state index contributed by atoms with van der Waals surface area (Å²) in [5.41, 5.74) is 1.18. The molecule has 16 heavy (non-hydrogen) atoms. The largest absolute Gasteiger partial charge is 0.493 e. The first-order chi connectivity index (χ1) is 7.93. The van der Waals surface area contributed by atoms with E-state index in [9.17, 15) is 0 Å². The Bertz CT molecular complexity index is 374. The summed E-state index contributed by atoms with van der Waals surface area (Å²) in [6, 6.07) is 10.1. The lowest BCUT2D eigenvalue weighted by Gasteiger charge is -2.16. The van der Waals surface area contributed by atoms with Crippen LogP contribution in [0.15, 0.2) is 42.7 Å². The first-order valence-electron chi connectivity index (χ1n) is 5.53. The van der Waals surface area contributed by atoms with E-state index in [-0.39, 0.29) is 18.3 Å². The normalized spacial score (nSPS) is 30.6. The highest BCUT2D eigenvalue weighted by Gasteiger charge is 2.46. The molecule has 0 radical (unpaired) electrons. The van der Waals surface area contributed by atoms with Crippen LogP contribution in [0.25, 0.3) is 0 Å². The first-order valence-corrected chi connectivity index (χ1v) is 5.53. The minimum absolute atomic E-state index is 0.0544. The van der Waals surface area contributed by atoms with Crippen molar-refractivity contribution in [1.29, 1.82) is 0 Å². The molecule has 1 aromatic carbocycles. The van der Waals surface area contributed by atoms with E-state index in [2.05, 4.69) is 12.1 Å². The van der Waals surface area contributed by atoms with E-state index < -0.39 is 0 Å².